The van der Waals surface area contributed by atoms with E-state index >= 15 is 0 Å². The number of hydrogen-bond donors (Lipinski definition) is 0. The van der Waals surface area contributed by atoms with Crippen molar-refractivity contribution in [3.8, 4) is 11.5 Å². The normalized spacial score (nSPS) is 16.0. The Morgan fingerprint density at radius 3 is 2.48 bits per heavy atom. The van der Waals surface area contributed by atoms with E-state index in [9.17, 15) is 4.79 Å². The van der Waals surface area contributed by atoms with Crippen LogP contribution in [0.4, 0.5) is 0 Å². The van der Waals surface area contributed by atoms with E-state index in [1.807, 2.05) is 59.5 Å². The molecule has 0 bridgehead atoms. The number of nitrogens with zero attached hydrogens (tertiary/aromatic N) is 2. The van der Waals surface area contributed by atoms with Crippen LogP contribution >= 0.6 is 0 Å². The first-order chi connectivity index (χ1) is 11.2. The molecule has 0 radical (unpaired) electrons. The third-order valence-corrected chi connectivity index (χ3v) is 4.10. The maximum Gasteiger partial charge on any atom is 0.257 e. The molecule has 1 amide bonds. The predicted octanol–water partition coefficient (Wildman–Crippen LogP) is 3.26. The second-order valence-electron chi connectivity index (χ2n) is 5.86. The number of carbonyl (C=O) groups is 1. The van der Waals surface area contributed by atoms with E-state index in [0.717, 1.165) is 38.3 Å². The summed E-state index contributed by atoms with van der Waals surface area (Å²) in [7, 11) is 2.10. The van der Waals surface area contributed by atoms with Gasteiger partial charge in [0.05, 0.1) is 5.56 Å². The zero-order chi connectivity index (χ0) is 16.1. The Kier molecular flexibility index (Phi) is 4.93. The molecule has 23 heavy (non-hydrogen) atoms. The Bertz CT molecular complexity index is 657. The second kappa shape index (κ2) is 7.29. The number of carbonyl (C=O) groups excluding carboxylic acids is 1. The summed E-state index contributed by atoms with van der Waals surface area (Å²) < 4.78 is 5.92. The van der Waals surface area contributed by atoms with Gasteiger partial charge in [0.25, 0.3) is 5.91 Å². The number of ether oxygens (including phenoxy) is 1. The summed E-state index contributed by atoms with van der Waals surface area (Å²) >= 11 is 0. The Morgan fingerprint density at radius 2 is 1.65 bits per heavy atom. The molecule has 120 valence electrons. The first-order valence-corrected chi connectivity index (χ1v) is 8.04. The van der Waals surface area contributed by atoms with Gasteiger partial charge in [0.15, 0.2) is 0 Å². The van der Waals surface area contributed by atoms with Crippen molar-refractivity contribution >= 4 is 5.91 Å². The molecular formula is C19H22N2O2. The lowest BCUT2D eigenvalue weighted by Crippen LogP contribution is -2.34. The Morgan fingerprint density at radius 1 is 0.913 bits per heavy atom. The van der Waals surface area contributed by atoms with E-state index in [-0.39, 0.29) is 5.91 Å². The number of hydrogen-bond acceptors (Lipinski definition) is 3. The maximum atomic E-state index is 12.9. The van der Waals surface area contributed by atoms with Crippen LogP contribution in [0, 0.1) is 0 Å². The molecule has 1 saturated heterocycles. The van der Waals surface area contributed by atoms with Crippen LogP contribution in [0.3, 0.4) is 0 Å². The average Bonchev–Trinajstić information content (AvgIpc) is 2.80. The Balaban J connectivity index is 1.80. The molecule has 1 fully saturated rings. The van der Waals surface area contributed by atoms with Gasteiger partial charge in [0.2, 0.25) is 0 Å². The van der Waals surface area contributed by atoms with Gasteiger partial charge in [-0.15, -0.1) is 0 Å². The highest BCUT2D eigenvalue weighted by molar-refractivity contribution is 5.97. The van der Waals surface area contributed by atoms with Crippen LogP contribution in [-0.2, 0) is 0 Å². The molecule has 3 rings (SSSR count). The van der Waals surface area contributed by atoms with E-state index < -0.39 is 0 Å². The molecule has 0 saturated carbocycles. The van der Waals surface area contributed by atoms with Gasteiger partial charge >= 0.3 is 0 Å². The maximum absolute atomic E-state index is 12.9. The van der Waals surface area contributed by atoms with E-state index in [0.29, 0.717) is 11.3 Å². The number of benzene rings is 2. The number of likely N-dealkylation sites (N-methyl/N-ethyl adjacent to an activating group) is 1. The molecule has 2 aromatic carbocycles. The second-order valence-corrected chi connectivity index (χ2v) is 5.86. The van der Waals surface area contributed by atoms with Crippen molar-refractivity contribution in [3.05, 3.63) is 60.2 Å². The fourth-order valence-corrected chi connectivity index (χ4v) is 2.77. The summed E-state index contributed by atoms with van der Waals surface area (Å²) in [5.74, 6) is 1.40. The van der Waals surface area contributed by atoms with Gasteiger partial charge in [-0.2, -0.15) is 0 Å². The third kappa shape index (κ3) is 3.90. The zero-order valence-corrected chi connectivity index (χ0v) is 13.4. The number of para-hydroxylation sites is 2. The van der Waals surface area contributed by atoms with Crippen molar-refractivity contribution in [1.82, 2.24) is 9.80 Å². The topological polar surface area (TPSA) is 32.8 Å². The minimum atomic E-state index is 0.0480. The fraction of sp³-hybridized carbons (Fsp3) is 0.316. The van der Waals surface area contributed by atoms with Gasteiger partial charge in [-0.1, -0.05) is 30.3 Å². The lowest BCUT2D eigenvalue weighted by molar-refractivity contribution is 0.0760. The molecule has 0 atom stereocenters. The lowest BCUT2D eigenvalue weighted by atomic mass is 10.1. The average molecular weight is 310 g/mol. The van der Waals surface area contributed by atoms with Crippen LogP contribution in [-0.4, -0.2) is 48.9 Å². The van der Waals surface area contributed by atoms with E-state index in [2.05, 4.69) is 11.9 Å². The lowest BCUT2D eigenvalue weighted by Gasteiger charge is -2.22. The Labute approximate surface area is 137 Å². The molecule has 0 spiro atoms. The van der Waals surface area contributed by atoms with Crippen LogP contribution in [0.25, 0.3) is 0 Å². The monoisotopic (exact) mass is 310 g/mol. The van der Waals surface area contributed by atoms with Crippen molar-refractivity contribution in [2.24, 2.45) is 0 Å². The molecule has 4 heteroatoms. The summed E-state index contributed by atoms with van der Waals surface area (Å²) in [6.45, 7) is 3.50. The molecule has 4 nitrogen and oxygen atoms in total. The first-order valence-electron chi connectivity index (χ1n) is 8.04. The fourth-order valence-electron chi connectivity index (χ4n) is 2.77. The summed E-state index contributed by atoms with van der Waals surface area (Å²) in [6, 6.07) is 17.0. The summed E-state index contributed by atoms with van der Waals surface area (Å²) in [4.78, 5) is 17.1. The third-order valence-electron chi connectivity index (χ3n) is 4.10. The first kappa shape index (κ1) is 15.6. The van der Waals surface area contributed by atoms with E-state index in [1.54, 1.807) is 0 Å². The highest BCUT2D eigenvalue weighted by Gasteiger charge is 2.21. The standard InChI is InChI=1S/C19H22N2O2/c1-20-12-7-13-21(15-14-20)19(22)17-10-5-6-11-18(17)23-16-8-3-2-4-9-16/h2-6,8-11H,7,12-15H2,1H3. The quantitative estimate of drug-likeness (QED) is 0.872. The van der Waals surface area contributed by atoms with Crippen molar-refractivity contribution in [1.29, 1.82) is 0 Å². The van der Waals surface area contributed by atoms with Gasteiger partial charge in [0, 0.05) is 19.6 Å². The molecule has 0 N–H and O–H groups in total. The summed E-state index contributed by atoms with van der Waals surface area (Å²) in [6.07, 6.45) is 1.00. The highest BCUT2D eigenvalue weighted by Crippen LogP contribution is 2.26. The van der Waals surface area contributed by atoms with Gasteiger partial charge < -0.3 is 14.5 Å². The van der Waals surface area contributed by atoms with Crippen LogP contribution in [0.5, 0.6) is 11.5 Å². The largest absolute Gasteiger partial charge is 0.457 e. The minimum Gasteiger partial charge on any atom is -0.457 e. The zero-order valence-electron chi connectivity index (χ0n) is 13.4. The molecule has 1 aliphatic rings. The van der Waals surface area contributed by atoms with Gasteiger partial charge in [-0.3, -0.25) is 4.79 Å². The SMILES string of the molecule is CN1CCCN(C(=O)c2ccccc2Oc2ccccc2)CC1. The van der Waals surface area contributed by atoms with Crippen molar-refractivity contribution < 1.29 is 9.53 Å². The molecule has 1 heterocycles. The smallest absolute Gasteiger partial charge is 0.257 e. The van der Waals surface area contributed by atoms with Crippen LogP contribution in [0.1, 0.15) is 16.8 Å². The van der Waals surface area contributed by atoms with Crippen LogP contribution in [0.15, 0.2) is 54.6 Å². The van der Waals surface area contributed by atoms with Crippen molar-refractivity contribution in [3.63, 3.8) is 0 Å². The number of amides is 1. The van der Waals surface area contributed by atoms with Crippen molar-refractivity contribution in [2.75, 3.05) is 33.2 Å². The molecule has 0 aromatic heterocycles. The number of rotatable bonds is 3. The van der Waals surface area contributed by atoms with Crippen LogP contribution in [0.2, 0.25) is 0 Å². The molecule has 2 aromatic rings. The summed E-state index contributed by atoms with van der Waals surface area (Å²) in [5.41, 5.74) is 0.626. The van der Waals surface area contributed by atoms with Gasteiger partial charge in [-0.25, -0.2) is 0 Å². The van der Waals surface area contributed by atoms with Gasteiger partial charge in [0.1, 0.15) is 11.5 Å². The van der Waals surface area contributed by atoms with Crippen molar-refractivity contribution in [2.45, 2.75) is 6.42 Å². The Hall–Kier alpha value is -2.33. The minimum absolute atomic E-state index is 0.0480. The van der Waals surface area contributed by atoms with E-state index in [1.165, 1.54) is 0 Å². The van der Waals surface area contributed by atoms with E-state index in [4.69, 9.17) is 4.74 Å². The molecule has 0 unspecified atom stereocenters. The molecule has 1 aliphatic heterocycles. The predicted molar refractivity (Wildman–Crippen MR) is 91.0 cm³/mol. The highest BCUT2D eigenvalue weighted by atomic mass is 16.5. The summed E-state index contributed by atoms with van der Waals surface area (Å²) in [5, 5.41) is 0. The molecule has 0 aliphatic carbocycles. The van der Waals surface area contributed by atoms with Crippen LogP contribution < -0.4 is 4.74 Å². The molecular weight excluding hydrogens is 288 g/mol. The van der Waals surface area contributed by atoms with Gasteiger partial charge in [-0.05, 0) is 44.3 Å².